The van der Waals surface area contributed by atoms with Crippen LogP contribution in [0.3, 0.4) is 0 Å². The van der Waals surface area contributed by atoms with Crippen molar-refractivity contribution in [1.82, 2.24) is 0 Å². The first-order chi connectivity index (χ1) is 22.2. The first-order valence-corrected chi connectivity index (χ1v) is 19.8. The summed E-state index contributed by atoms with van der Waals surface area (Å²) in [4.78, 5) is 13.2. The van der Waals surface area contributed by atoms with Gasteiger partial charge in [0.05, 0.1) is 12.2 Å². The van der Waals surface area contributed by atoms with E-state index in [1.54, 1.807) is 5.57 Å². The van der Waals surface area contributed by atoms with Crippen molar-refractivity contribution in [2.45, 2.75) is 163 Å². The zero-order chi connectivity index (χ0) is 32.7. The average Bonchev–Trinajstić information content (AvgIpc) is 3.40. The Labute approximate surface area is 283 Å². The second kappa shape index (κ2) is 16.1. The Morgan fingerprint density at radius 2 is 1.59 bits per heavy atom. The van der Waals surface area contributed by atoms with Crippen molar-refractivity contribution in [3.8, 4) is 5.75 Å². The van der Waals surface area contributed by atoms with Crippen molar-refractivity contribution in [3.63, 3.8) is 0 Å². The SMILES string of the molecule is CCCCCCCCCOc1ccc(C(=O)O[C@@H]2CC[C@@]3(C)C(=CC[C@H]4[C@@H]5CC[C@H]([C@@H](C)CCCC(C)C)[C@@]5(C)CC[C@@H]43)C2)cc1. The van der Waals surface area contributed by atoms with E-state index in [4.69, 9.17) is 9.47 Å². The largest absolute Gasteiger partial charge is 0.494 e. The summed E-state index contributed by atoms with van der Waals surface area (Å²) in [6.07, 6.45) is 25.7. The predicted molar refractivity (Wildman–Crippen MR) is 192 cm³/mol. The minimum Gasteiger partial charge on any atom is -0.494 e. The van der Waals surface area contributed by atoms with Gasteiger partial charge < -0.3 is 9.47 Å². The molecule has 0 aromatic heterocycles. The smallest absolute Gasteiger partial charge is 0.338 e. The summed E-state index contributed by atoms with van der Waals surface area (Å²) in [5.74, 6) is 5.77. The molecule has 0 unspecified atom stereocenters. The van der Waals surface area contributed by atoms with Gasteiger partial charge in [-0.05, 0) is 122 Å². The third-order valence-corrected chi connectivity index (χ3v) is 13.6. The maximum Gasteiger partial charge on any atom is 0.338 e. The number of hydrogen-bond donors (Lipinski definition) is 0. The van der Waals surface area contributed by atoms with Crippen LogP contribution in [0.5, 0.6) is 5.75 Å². The van der Waals surface area contributed by atoms with Gasteiger partial charge in [0, 0.05) is 6.42 Å². The number of fused-ring (bicyclic) bond motifs is 5. The molecular formula is C43H68O3. The van der Waals surface area contributed by atoms with Crippen LogP contribution in [-0.4, -0.2) is 18.7 Å². The van der Waals surface area contributed by atoms with Crippen LogP contribution in [0.4, 0.5) is 0 Å². The van der Waals surface area contributed by atoms with Gasteiger partial charge in [-0.1, -0.05) is 111 Å². The van der Waals surface area contributed by atoms with Crippen LogP contribution in [0.25, 0.3) is 0 Å². The molecule has 0 aliphatic heterocycles. The number of ether oxygens (including phenoxy) is 2. The molecular weight excluding hydrogens is 564 g/mol. The molecule has 0 radical (unpaired) electrons. The van der Waals surface area contributed by atoms with Gasteiger partial charge in [0.2, 0.25) is 0 Å². The standard InChI is InChI=1S/C43H68O3/c1-7-8-9-10-11-12-13-29-45-35-20-17-33(18-21-35)41(44)46-36-25-27-42(5)34(30-36)19-22-37-39-24-23-38(32(4)16-14-15-31(2)3)43(39,6)28-26-40(37)42/h17-21,31-32,36-40H,7-16,22-30H2,1-6H3/t32-,36+,37-,38+,39-,40-,42-,43+/m0/s1. The van der Waals surface area contributed by atoms with E-state index in [0.717, 1.165) is 73.5 Å². The molecule has 0 N–H and O–H groups in total. The third kappa shape index (κ3) is 8.08. The maximum atomic E-state index is 13.2. The Balaban J connectivity index is 1.10. The predicted octanol–water partition coefficient (Wildman–Crippen LogP) is 12.4. The van der Waals surface area contributed by atoms with Crippen molar-refractivity contribution in [2.75, 3.05) is 6.61 Å². The highest BCUT2D eigenvalue weighted by molar-refractivity contribution is 5.89. The van der Waals surface area contributed by atoms with Crippen LogP contribution >= 0.6 is 0 Å². The molecule has 0 bridgehead atoms. The highest BCUT2D eigenvalue weighted by atomic mass is 16.5. The van der Waals surface area contributed by atoms with Crippen molar-refractivity contribution < 1.29 is 14.3 Å². The highest BCUT2D eigenvalue weighted by Crippen LogP contribution is 2.67. The molecule has 0 amide bonds. The lowest BCUT2D eigenvalue weighted by Crippen LogP contribution is -2.51. The molecule has 3 fully saturated rings. The Bertz CT molecular complexity index is 1140. The van der Waals surface area contributed by atoms with Crippen LogP contribution in [0.2, 0.25) is 0 Å². The Hall–Kier alpha value is -1.77. The van der Waals surface area contributed by atoms with Gasteiger partial charge in [-0.25, -0.2) is 4.79 Å². The van der Waals surface area contributed by atoms with Gasteiger partial charge >= 0.3 is 5.97 Å². The molecule has 0 saturated heterocycles. The fourth-order valence-corrected chi connectivity index (χ4v) is 10.9. The second-order valence-corrected chi connectivity index (χ2v) is 17.1. The van der Waals surface area contributed by atoms with E-state index in [-0.39, 0.29) is 17.5 Å². The zero-order valence-electron chi connectivity index (χ0n) is 30.6. The Morgan fingerprint density at radius 1 is 0.848 bits per heavy atom. The van der Waals surface area contributed by atoms with Crippen LogP contribution in [0, 0.1) is 46.3 Å². The molecule has 4 aliphatic rings. The average molecular weight is 633 g/mol. The monoisotopic (exact) mass is 633 g/mol. The number of esters is 1. The van der Waals surface area contributed by atoms with Gasteiger partial charge in [-0.2, -0.15) is 0 Å². The molecule has 0 spiro atoms. The van der Waals surface area contributed by atoms with Crippen LogP contribution in [-0.2, 0) is 4.74 Å². The number of hydrogen-bond acceptors (Lipinski definition) is 3. The second-order valence-electron chi connectivity index (χ2n) is 17.1. The molecule has 4 aliphatic carbocycles. The summed E-state index contributed by atoms with van der Waals surface area (Å²) < 4.78 is 12.1. The van der Waals surface area contributed by atoms with Crippen LogP contribution in [0.15, 0.2) is 35.9 Å². The van der Waals surface area contributed by atoms with Gasteiger partial charge in [-0.15, -0.1) is 0 Å². The van der Waals surface area contributed by atoms with Crippen molar-refractivity contribution in [2.24, 2.45) is 46.3 Å². The van der Waals surface area contributed by atoms with Crippen molar-refractivity contribution in [3.05, 3.63) is 41.5 Å². The normalized spacial score (nSPS) is 32.7. The molecule has 3 heteroatoms. The van der Waals surface area contributed by atoms with E-state index < -0.39 is 0 Å². The zero-order valence-corrected chi connectivity index (χ0v) is 30.6. The van der Waals surface area contributed by atoms with Gasteiger partial charge in [0.1, 0.15) is 11.9 Å². The lowest BCUT2D eigenvalue weighted by molar-refractivity contribution is -0.0594. The lowest BCUT2D eigenvalue weighted by atomic mass is 9.47. The third-order valence-electron chi connectivity index (χ3n) is 13.6. The number of benzene rings is 1. The van der Waals surface area contributed by atoms with Crippen LogP contribution in [0.1, 0.15) is 167 Å². The minimum absolute atomic E-state index is 0.00645. The van der Waals surface area contributed by atoms with E-state index in [9.17, 15) is 4.79 Å². The van der Waals surface area contributed by atoms with E-state index in [1.807, 2.05) is 24.3 Å². The molecule has 46 heavy (non-hydrogen) atoms. The van der Waals surface area contributed by atoms with E-state index in [2.05, 4.69) is 47.6 Å². The van der Waals surface area contributed by atoms with Gasteiger partial charge in [0.15, 0.2) is 0 Å². The molecule has 8 atom stereocenters. The van der Waals surface area contributed by atoms with E-state index in [1.165, 1.54) is 89.9 Å². The number of allylic oxidation sites excluding steroid dienone is 1. The van der Waals surface area contributed by atoms with Crippen molar-refractivity contribution in [1.29, 1.82) is 0 Å². The van der Waals surface area contributed by atoms with Gasteiger partial charge in [-0.3, -0.25) is 0 Å². The fraction of sp³-hybridized carbons (Fsp3) is 0.791. The fourth-order valence-electron chi connectivity index (χ4n) is 10.9. The minimum atomic E-state index is -0.186. The summed E-state index contributed by atoms with van der Waals surface area (Å²) in [5, 5.41) is 0. The number of unbranched alkanes of at least 4 members (excludes halogenated alkanes) is 6. The lowest BCUT2D eigenvalue weighted by Gasteiger charge is -2.58. The molecule has 5 rings (SSSR count). The summed E-state index contributed by atoms with van der Waals surface area (Å²) >= 11 is 0. The van der Waals surface area contributed by atoms with E-state index >= 15 is 0 Å². The van der Waals surface area contributed by atoms with Gasteiger partial charge in [0.25, 0.3) is 0 Å². The summed E-state index contributed by atoms with van der Waals surface area (Å²) in [7, 11) is 0. The quantitative estimate of drug-likeness (QED) is 0.103. The molecule has 0 heterocycles. The summed E-state index contributed by atoms with van der Waals surface area (Å²) in [6, 6.07) is 7.60. The molecule has 3 nitrogen and oxygen atoms in total. The summed E-state index contributed by atoms with van der Waals surface area (Å²) in [6.45, 7) is 15.6. The first-order valence-electron chi connectivity index (χ1n) is 19.8. The van der Waals surface area contributed by atoms with Crippen LogP contribution < -0.4 is 4.74 Å². The first kappa shape index (κ1) is 35.5. The molecule has 3 saturated carbocycles. The Kier molecular flexibility index (Phi) is 12.4. The summed E-state index contributed by atoms with van der Waals surface area (Å²) in [5.41, 5.74) is 3.03. The number of rotatable bonds is 16. The van der Waals surface area contributed by atoms with Crippen molar-refractivity contribution >= 4 is 5.97 Å². The molecule has 1 aromatic rings. The molecule has 1 aromatic carbocycles. The maximum absolute atomic E-state index is 13.2. The topological polar surface area (TPSA) is 35.5 Å². The number of carbonyl (C=O) groups excluding carboxylic acids is 1. The Morgan fingerprint density at radius 3 is 2.33 bits per heavy atom. The number of carbonyl (C=O) groups is 1. The van der Waals surface area contributed by atoms with E-state index in [0.29, 0.717) is 11.0 Å². The highest BCUT2D eigenvalue weighted by Gasteiger charge is 2.59. The molecule has 258 valence electrons.